The van der Waals surface area contributed by atoms with Gasteiger partial charge in [0.2, 0.25) is 0 Å². The van der Waals surface area contributed by atoms with E-state index in [4.69, 9.17) is 9.47 Å². The van der Waals surface area contributed by atoms with Gasteiger partial charge in [0.1, 0.15) is 5.75 Å². The number of thioether (sulfide) groups is 1. The molecule has 0 saturated carbocycles. The minimum absolute atomic E-state index is 0.121. The Hall–Kier alpha value is -0.720. The van der Waals surface area contributed by atoms with Crippen LogP contribution >= 0.6 is 27.7 Å². The van der Waals surface area contributed by atoms with Crippen LogP contribution in [0.2, 0.25) is 0 Å². The Morgan fingerprint density at radius 2 is 2.30 bits per heavy atom. The predicted octanol–water partition coefficient (Wildman–Crippen LogP) is 2.71. The highest BCUT2D eigenvalue weighted by atomic mass is 79.9. The Kier molecular flexibility index (Phi) is 5.35. The molecule has 0 aromatic heterocycles. The fourth-order valence-electron chi connectivity index (χ4n) is 2.10. The molecule has 6 heteroatoms. The van der Waals surface area contributed by atoms with Crippen LogP contribution in [0.3, 0.4) is 0 Å². The summed E-state index contributed by atoms with van der Waals surface area (Å²) < 4.78 is 11.5. The molecule has 0 bridgehead atoms. The number of benzene rings is 1. The van der Waals surface area contributed by atoms with Crippen LogP contribution in [-0.4, -0.2) is 43.8 Å². The molecule has 0 radical (unpaired) electrons. The summed E-state index contributed by atoms with van der Waals surface area (Å²) in [6.45, 7) is 0.527. The van der Waals surface area contributed by atoms with E-state index in [0.29, 0.717) is 17.9 Å². The molecule has 0 spiro atoms. The Labute approximate surface area is 131 Å². The normalized spacial score (nSPS) is 21.8. The van der Waals surface area contributed by atoms with Gasteiger partial charge in [-0.2, -0.15) is 11.8 Å². The highest BCUT2D eigenvalue weighted by Gasteiger charge is 2.34. The third kappa shape index (κ3) is 3.48. The van der Waals surface area contributed by atoms with Gasteiger partial charge in [0, 0.05) is 23.9 Å². The zero-order valence-corrected chi connectivity index (χ0v) is 14.0. The van der Waals surface area contributed by atoms with E-state index >= 15 is 0 Å². The average molecular weight is 360 g/mol. The van der Waals surface area contributed by atoms with Gasteiger partial charge in [0.25, 0.3) is 5.91 Å². The maximum atomic E-state index is 12.3. The quantitative estimate of drug-likeness (QED) is 0.877. The lowest BCUT2D eigenvalue weighted by Crippen LogP contribution is -2.44. The second-order valence-corrected chi connectivity index (χ2v) is 6.68. The number of methoxy groups -OCH3 is 2. The number of rotatable bonds is 5. The summed E-state index contributed by atoms with van der Waals surface area (Å²) in [6.07, 6.45) is 0.966. The monoisotopic (exact) mass is 359 g/mol. The lowest BCUT2D eigenvalue weighted by Gasteiger charge is -2.26. The van der Waals surface area contributed by atoms with E-state index in [2.05, 4.69) is 21.2 Å². The van der Waals surface area contributed by atoms with Crippen molar-refractivity contribution >= 4 is 33.6 Å². The van der Waals surface area contributed by atoms with Gasteiger partial charge in [0.15, 0.2) is 0 Å². The third-order valence-corrected chi connectivity index (χ3v) is 5.40. The van der Waals surface area contributed by atoms with Gasteiger partial charge in [-0.05, 0) is 46.3 Å². The minimum Gasteiger partial charge on any atom is -0.497 e. The number of nitrogens with one attached hydrogen (secondary N) is 1. The fourth-order valence-corrected chi connectivity index (χ4v) is 3.93. The van der Waals surface area contributed by atoms with Crippen LogP contribution in [0, 0.1) is 0 Å². The van der Waals surface area contributed by atoms with Crippen molar-refractivity contribution < 1.29 is 14.3 Å². The second-order valence-electron chi connectivity index (χ2n) is 4.72. The summed E-state index contributed by atoms with van der Waals surface area (Å²) in [7, 11) is 3.29. The predicted molar refractivity (Wildman–Crippen MR) is 84.7 cm³/mol. The van der Waals surface area contributed by atoms with Crippen LogP contribution in [0.15, 0.2) is 22.7 Å². The Balaban J connectivity index is 2.04. The number of hydrogen-bond acceptors (Lipinski definition) is 4. The number of carbonyl (C=O) groups excluding carboxylic acids is 1. The summed E-state index contributed by atoms with van der Waals surface area (Å²) in [6, 6.07) is 5.35. The first-order valence-corrected chi connectivity index (χ1v) is 8.30. The van der Waals surface area contributed by atoms with E-state index in [-0.39, 0.29) is 11.5 Å². The highest BCUT2D eigenvalue weighted by Crippen LogP contribution is 2.30. The van der Waals surface area contributed by atoms with Gasteiger partial charge in [-0.1, -0.05) is 0 Å². The molecule has 1 unspecified atom stereocenters. The number of halogens is 1. The molecular formula is C14H18BrNO3S. The molecule has 20 heavy (non-hydrogen) atoms. The molecule has 1 aliphatic rings. The Bertz CT molecular complexity index is 489. The maximum Gasteiger partial charge on any atom is 0.252 e. The molecule has 1 aromatic rings. The summed E-state index contributed by atoms with van der Waals surface area (Å²) in [4.78, 5) is 12.3. The fraction of sp³-hybridized carbons (Fsp3) is 0.500. The van der Waals surface area contributed by atoms with Crippen LogP contribution in [-0.2, 0) is 4.74 Å². The van der Waals surface area contributed by atoms with Crippen LogP contribution in [0.1, 0.15) is 16.8 Å². The van der Waals surface area contributed by atoms with Gasteiger partial charge >= 0.3 is 0 Å². The molecule has 1 saturated heterocycles. The van der Waals surface area contributed by atoms with E-state index < -0.39 is 0 Å². The van der Waals surface area contributed by atoms with Crippen molar-refractivity contribution in [2.24, 2.45) is 0 Å². The molecule has 1 atom stereocenters. The standard InChI is InChI=1S/C14H18BrNO3S/c1-18-10-3-4-12(15)11(7-10)13(17)16-8-14(19-2)5-6-20-9-14/h3-4,7H,5-6,8-9H2,1-2H3,(H,16,17). The number of amides is 1. The van der Waals surface area contributed by atoms with E-state index in [1.54, 1.807) is 20.3 Å². The van der Waals surface area contributed by atoms with Crippen molar-refractivity contribution in [2.45, 2.75) is 12.0 Å². The van der Waals surface area contributed by atoms with Crippen LogP contribution < -0.4 is 10.1 Å². The summed E-state index contributed by atoms with van der Waals surface area (Å²) >= 11 is 5.25. The Morgan fingerprint density at radius 1 is 1.50 bits per heavy atom. The molecule has 1 amide bonds. The van der Waals surface area contributed by atoms with E-state index in [1.807, 2.05) is 23.9 Å². The van der Waals surface area contributed by atoms with Crippen molar-refractivity contribution in [3.05, 3.63) is 28.2 Å². The van der Waals surface area contributed by atoms with Gasteiger partial charge in [0.05, 0.1) is 18.3 Å². The average Bonchev–Trinajstić information content (AvgIpc) is 2.95. The van der Waals surface area contributed by atoms with Crippen molar-refractivity contribution in [3.63, 3.8) is 0 Å². The molecule has 4 nitrogen and oxygen atoms in total. The summed E-state index contributed by atoms with van der Waals surface area (Å²) in [5.74, 6) is 2.54. The van der Waals surface area contributed by atoms with E-state index in [1.165, 1.54) is 0 Å². The van der Waals surface area contributed by atoms with Crippen LogP contribution in [0.25, 0.3) is 0 Å². The van der Waals surface area contributed by atoms with Crippen LogP contribution in [0.5, 0.6) is 5.75 Å². The molecular weight excluding hydrogens is 342 g/mol. The molecule has 1 N–H and O–H groups in total. The SMILES string of the molecule is COc1ccc(Br)c(C(=O)NCC2(OC)CCSC2)c1. The van der Waals surface area contributed by atoms with Gasteiger partial charge < -0.3 is 14.8 Å². The first kappa shape index (κ1) is 15.7. The zero-order chi connectivity index (χ0) is 14.6. The van der Waals surface area contributed by atoms with Crippen LogP contribution in [0.4, 0.5) is 0 Å². The summed E-state index contributed by atoms with van der Waals surface area (Å²) in [5, 5.41) is 2.96. The topological polar surface area (TPSA) is 47.6 Å². The molecule has 1 heterocycles. The maximum absolute atomic E-state index is 12.3. The van der Waals surface area contributed by atoms with E-state index in [9.17, 15) is 4.79 Å². The first-order chi connectivity index (χ1) is 9.60. The zero-order valence-electron chi connectivity index (χ0n) is 11.6. The summed E-state index contributed by atoms with van der Waals surface area (Å²) in [5.41, 5.74) is 0.340. The highest BCUT2D eigenvalue weighted by molar-refractivity contribution is 9.10. The minimum atomic E-state index is -0.230. The van der Waals surface area contributed by atoms with Crippen molar-refractivity contribution in [3.8, 4) is 5.75 Å². The van der Waals surface area contributed by atoms with Gasteiger partial charge in [-0.3, -0.25) is 4.79 Å². The molecule has 1 aliphatic heterocycles. The lowest BCUT2D eigenvalue weighted by atomic mass is 10.0. The Morgan fingerprint density at radius 3 is 2.90 bits per heavy atom. The molecule has 2 rings (SSSR count). The number of hydrogen-bond donors (Lipinski definition) is 1. The largest absolute Gasteiger partial charge is 0.497 e. The van der Waals surface area contributed by atoms with E-state index in [0.717, 1.165) is 22.4 Å². The smallest absolute Gasteiger partial charge is 0.252 e. The molecule has 1 aromatic carbocycles. The first-order valence-electron chi connectivity index (χ1n) is 6.35. The number of ether oxygens (including phenoxy) is 2. The third-order valence-electron chi connectivity index (χ3n) is 3.49. The molecule has 0 aliphatic carbocycles. The van der Waals surface area contributed by atoms with Crippen molar-refractivity contribution in [1.82, 2.24) is 5.32 Å². The van der Waals surface area contributed by atoms with Gasteiger partial charge in [-0.15, -0.1) is 0 Å². The second kappa shape index (κ2) is 6.83. The van der Waals surface area contributed by atoms with Crippen molar-refractivity contribution in [1.29, 1.82) is 0 Å². The van der Waals surface area contributed by atoms with Crippen molar-refractivity contribution in [2.75, 3.05) is 32.3 Å². The lowest BCUT2D eigenvalue weighted by molar-refractivity contribution is 0.0137. The van der Waals surface area contributed by atoms with Gasteiger partial charge in [-0.25, -0.2) is 0 Å². The molecule has 110 valence electrons. The molecule has 1 fully saturated rings. The number of carbonyl (C=O) groups is 1.